The third-order valence-corrected chi connectivity index (χ3v) is 7.14. The van der Waals surface area contributed by atoms with Crippen molar-refractivity contribution in [2.45, 2.75) is 18.6 Å². The minimum absolute atomic E-state index is 0.138. The molecule has 1 aliphatic heterocycles. The molecular weight excluding hydrogens is 482 g/mol. The molecule has 0 radical (unpaired) electrons. The van der Waals surface area contributed by atoms with Crippen molar-refractivity contribution in [3.63, 3.8) is 0 Å². The molecule has 3 aromatic carbocycles. The Morgan fingerprint density at radius 1 is 1.11 bits per heavy atom. The van der Waals surface area contributed by atoms with E-state index in [2.05, 4.69) is 5.32 Å². The van der Waals surface area contributed by atoms with Crippen molar-refractivity contribution in [3.05, 3.63) is 99.5 Å². The highest BCUT2D eigenvalue weighted by atomic mass is 35.5. The van der Waals surface area contributed by atoms with Crippen LogP contribution in [0.4, 0.5) is 11.4 Å². The van der Waals surface area contributed by atoms with Gasteiger partial charge >= 0.3 is 0 Å². The van der Waals surface area contributed by atoms with Crippen LogP contribution >= 0.6 is 23.4 Å². The molecule has 176 valence electrons. The Kier molecular flexibility index (Phi) is 7.45. The number of nitriles is 1. The molecule has 1 fully saturated rings. The van der Waals surface area contributed by atoms with Crippen molar-refractivity contribution >= 4 is 46.6 Å². The molecule has 6 nitrogen and oxygen atoms in total. The van der Waals surface area contributed by atoms with Crippen LogP contribution in [0.25, 0.3) is 0 Å². The average molecular weight is 504 g/mol. The lowest BCUT2D eigenvalue weighted by Crippen LogP contribution is -2.31. The number of benzene rings is 3. The molecule has 1 N–H and O–H groups in total. The molecule has 1 saturated heterocycles. The van der Waals surface area contributed by atoms with Gasteiger partial charge < -0.3 is 10.1 Å². The molecule has 8 heteroatoms. The van der Waals surface area contributed by atoms with Gasteiger partial charge in [-0.3, -0.25) is 14.5 Å². The van der Waals surface area contributed by atoms with E-state index < -0.39 is 11.2 Å². The Hall–Kier alpha value is -3.73. The zero-order valence-corrected chi connectivity index (χ0v) is 20.7. The van der Waals surface area contributed by atoms with E-state index in [0.717, 1.165) is 11.1 Å². The minimum atomic E-state index is -0.580. The van der Waals surface area contributed by atoms with Crippen molar-refractivity contribution in [2.24, 2.45) is 0 Å². The number of halogens is 1. The Morgan fingerprint density at radius 3 is 2.43 bits per heavy atom. The number of carbonyl (C=O) groups is 2. The molecule has 0 aromatic heterocycles. The maximum atomic E-state index is 13.6. The van der Waals surface area contributed by atoms with E-state index in [1.807, 2.05) is 43.3 Å². The number of hydrogen-bond acceptors (Lipinski definition) is 5. The molecule has 1 unspecified atom stereocenters. The summed E-state index contributed by atoms with van der Waals surface area (Å²) in [5, 5.41) is 13.0. The van der Waals surface area contributed by atoms with E-state index in [4.69, 9.17) is 16.3 Å². The summed E-state index contributed by atoms with van der Waals surface area (Å²) >= 11 is 7.53. The number of carbonyl (C=O) groups excluding carboxylic acids is 2. The first-order chi connectivity index (χ1) is 16.9. The van der Waals surface area contributed by atoms with E-state index in [0.29, 0.717) is 28.6 Å². The highest BCUT2D eigenvalue weighted by Crippen LogP contribution is 2.42. The Bertz CT molecular complexity index is 1330. The van der Waals surface area contributed by atoms with Gasteiger partial charge in [-0.25, -0.2) is 0 Å². The Balaban J connectivity index is 1.73. The standard InChI is InChI=1S/C27H22ClN3O3S/c1-17-7-9-19(10-8-17)30-25(32)22(16-29)27-31(20-11-13-21(34-2)14-12-20)26(33)24(35-27)15-18-5-3-4-6-23(18)28/h3-14,24H,15H2,1-2H3,(H,30,32)/b27-22-. The van der Waals surface area contributed by atoms with Crippen LogP contribution in [0.5, 0.6) is 5.75 Å². The van der Waals surface area contributed by atoms with E-state index in [9.17, 15) is 14.9 Å². The fourth-order valence-corrected chi connectivity index (χ4v) is 5.16. The van der Waals surface area contributed by atoms with E-state index >= 15 is 0 Å². The van der Waals surface area contributed by atoms with Gasteiger partial charge in [-0.2, -0.15) is 5.26 Å². The second kappa shape index (κ2) is 10.7. The first kappa shape index (κ1) is 24.4. The highest BCUT2D eigenvalue weighted by molar-refractivity contribution is 8.05. The molecule has 0 aliphatic carbocycles. The summed E-state index contributed by atoms with van der Waals surface area (Å²) in [4.78, 5) is 28.1. The van der Waals surface area contributed by atoms with E-state index in [1.54, 1.807) is 49.6 Å². The second-order valence-electron chi connectivity index (χ2n) is 7.89. The van der Waals surface area contributed by atoms with Gasteiger partial charge in [-0.1, -0.05) is 59.3 Å². The lowest BCUT2D eigenvalue weighted by molar-refractivity contribution is -0.117. The fraction of sp³-hybridized carbons (Fsp3) is 0.148. The summed E-state index contributed by atoms with van der Waals surface area (Å²) in [6, 6.07) is 23.5. The fourth-order valence-electron chi connectivity index (χ4n) is 3.65. The lowest BCUT2D eigenvalue weighted by atomic mass is 10.1. The lowest BCUT2D eigenvalue weighted by Gasteiger charge is -2.19. The molecule has 1 heterocycles. The quantitative estimate of drug-likeness (QED) is 0.343. The molecule has 1 aliphatic rings. The average Bonchev–Trinajstić information content (AvgIpc) is 3.18. The van der Waals surface area contributed by atoms with E-state index in [1.165, 1.54) is 16.7 Å². The van der Waals surface area contributed by atoms with Crippen LogP contribution in [-0.4, -0.2) is 24.2 Å². The number of ether oxygens (including phenoxy) is 1. The van der Waals surface area contributed by atoms with E-state index in [-0.39, 0.29) is 16.5 Å². The summed E-state index contributed by atoms with van der Waals surface area (Å²) in [5.74, 6) is -0.182. The third kappa shape index (κ3) is 5.35. The van der Waals surface area contributed by atoms with Crippen molar-refractivity contribution in [1.29, 1.82) is 5.26 Å². The molecule has 2 amide bonds. The van der Waals surface area contributed by atoms with Crippen LogP contribution in [0.15, 0.2) is 83.4 Å². The van der Waals surface area contributed by atoms with Crippen molar-refractivity contribution in [2.75, 3.05) is 17.3 Å². The van der Waals surface area contributed by atoms with Gasteiger partial charge in [-0.05, 0) is 61.4 Å². The van der Waals surface area contributed by atoms with Crippen LogP contribution in [0.1, 0.15) is 11.1 Å². The van der Waals surface area contributed by atoms with Gasteiger partial charge in [0.15, 0.2) is 0 Å². The van der Waals surface area contributed by atoms with Crippen LogP contribution in [0.3, 0.4) is 0 Å². The molecule has 0 saturated carbocycles. The maximum Gasteiger partial charge on any atom is 0.269 e. The predicted octanol–water partition coefficient (Wildman–Crippen LogP) is 5.72. The van der Waals surface area contributed by atoms with Crippen molar-refractivity contribution in [3.8, 4) is 11.8 Å². The molecule has 35 heavy (non-hydrogen) atoms. The topological polar surface area (TPSA) is 82.4 Å². The first-order valence-electron chi connectivity index (χ1n) is 10.8. The van der Waals surface area contributed by atoms with Gasteiger partial charge in [-0.15, -0.1) is 0 Å². The summed E-state index contributed by atoms with van der Waals surface area (Å²) in [6.45, 7) is 1.95. The van der Waals surface area contributed by atoms with Crippen LogP contribution < -0.4 is 15.0 Å². The van der Waals surface area contributed by atoms with Gasteiger partial charge in [0.05, 0.1) is 12.4 Å². The van der Waals surface area contributed by atoms with Gasteiger partial charge in [0.25, 0.3) is 5.91 Å². The number of amides is 2. The molecule has 3 aromatic rings. The summed E-state index contributed by atoms with van der Waals surface area (Å²) in [6.07, 6.45) is 0.359. The number of hydrogen-bond donors (Lipinski definition) is 1. The largest absolute Gasteiger partial charge is 0.497 e. The smallest absolute Gasteiger partial charge is 0.269 e. The molecule has 0 spiro atoms. The number of nitrogens with one attached hydrogen (secondary N) is 1. The maximum absolute atomic E-state index is 13.6. The van der Waals surface area contributed by atoms with Crippen molar-refractivity contribution < 1.29 is 14.3 Å². The van der Waals surface area contributed by atoms with Crippen LogP contribution in [-0.2, 0) is 16.0 Å². The zero-order chi connectivity index (χ0) is 24.9. The summed E-state index contributed by atoms with van der Waals surface area (Å²) in [7, 11) is 1.56. The van der Waals surface area contributed by atoms with Gasteiger partial charge in [0, 0.05) is 16.4 Å². The molecule has 0 bridgehead atoms. The minimum Gasteiger partial charge on any atom is -0.497 e. The first-order valence-corrected chi connectivity index (χ1v) is 12.1. The number of thioether (sulfide) groups is 1. The van der Waals surface area contributed by atoms with Crippen LogP contribution in [0, 0.1) is 18.3 Å². The Morgan fingerprint density at radius 2 is 1.80 bits per heavy atom. The summed E-state index contributed by atoms with van der Waals surface area (Å²) in [5.41, 5.74) is 2.83. The van der Waals surface area contributed by atoms with Crippen molar-refractivity contribution in [1.82, 2.24) is 0 Å². The van der Waals surface area contributed by atoms with Gasteiger partial charge in [0.2, 0.25) is 5.91 Å². The SMILES string of the molecule is COc1ccc(N2C(=O)C(Cc3ccccc3Cl)S/C2=C(/C#N)C(=O)Nc2ccc(C)cc2)cc1. The monoisotopic (exact) mass is 503 g/mol. The number of anilines is 2. The number of rotatable bonds is 6. The molecule has 1 atom stereocenters. The number of methoxy groups -OCH3 is 1. The van der Waals surface area contributed by atoms with Gasteiger partial charge in [0.1, 0.15) is 22.4 Å². The number of nitrogens with zero attached hydrogens (tertiary/aromatic N) is 2. The number of aryl methyl sites for hydroxylation is 1. The second-order valence-corrected chi connectivity index (χ2v) is 9.48. The molecular formula is C27H22ClN3O3S. The summed E-state index contributed by atoms with van der Waals surface area (Å²) < 4.78 is 5.23. The highest BCUT2D eigenvalue weighted by Gasteiger charge is 2.41. The zero-order valence-electron chi connectivity index (χ0n) is 19.1. The third-order valence-electron chi connectivity index (χ3n) is 5.51. The predicted molar refractivity (Wildman–Crippen MR) is 139 cm³/mol. The normalized spacial score (nSPS) is 16.6. The Labute approximate surface area is 213 Å². The van der Waals surface area contributed by atoms with Crippen LogP contribution in [0.2, 0.25) is 5.02 Å². The molecule has 4 rings (SSSR count).